The van der Waals surface area contributed by atoms with Crippen LogP contribution in [-0.4, -0.2) is 55.2 Å². The number of rotatable bonds is 8. The Morgan fingerprint density at radius 2 is 1.82 bits per heavy atom. The summed E-state index contributed by atoms with van der Waals surface area (Å²) < 4.78 is 5.32. The van der Waals surface area contributed by atoms with Gasteiger partial charge in [-0.15, -0.1) is 0 Å². The first kappa shape index (κ1) is 19.9. The summed E-state index contributed by atoms with van der Waals surface area (Å²) in [5.41, 5.74) is 2.05. The fraction of sp³-hybridized carbons (Fsp3) is 0.364. The van der Waals surface area contributed by atoms with E-state index in [9.17, 15) is 14.7 Å². The van der Waals surface area contributed by atoms with E-state index >= 15 is 0 Å². The molecule has 6 nitrogen and oxygen atoms in total. The second-order valence-corrected chi connectivity index (χ2v) is 7.07. The van der Waals surface area contributed by atoms with Crippen molar-refractivity contribution >= 4 is 11.9 Å². The summed E-state index contributed by atoms with van der Waals surface area (Å²) in [6, 6.07) is 17.4. The first-order valence-corrected chi connectivity index (χ1v) is 9.47. The molecule has 2 aromatic rings. The Morgan fingerprint density at radius 1 is 1.11 bits per heavy atom. The molecule has 1 saturated heterocycles. The highest BCUT2D eigenvalue weighted by Gasteiger charge is 2.38. The molecule has 0 aliphatic carbocycles. The van der Waals surface area contributed by atoms with Crippen LogP contribution in [0, 0.1) is 5.92 Å². The number of hydrogen-bond donors (Lipinski definition) is 2. The highest BCUT2D eigenvalue weighted by molar-refractivity contribution is 5.78. The van der Waals surface area contributed by atoms with Gasteiger partial charge in [-0.2, -0.15) is 0 Å². The van der Waals surface area contributed by atoms with E-state index in [-0.39, 0.29) is 18.4 Å². The quantitative estimate of drug-likeness (QED) is 0.731. The molecule has 28 heavy (non-hydrogen) atoms. The number of para-hydroxylation sites is 1. The average Bonchev–Trinajstić information content (AvgIpc) is 3.13. The molecule has 148 valence electrons. The van der Waals surface area contributed by atoms with Gasteiger partial charge in [-0.05, 0) is 23.6 Å². The van der Waals surface area contributed by atoms with Crippen LogP contribution in [-0.2, 0) is 16.0 Å². The summed E-state index contributed by atoms with van der Waals surface area (Å²) in [4.78, 5) is 25.9. The second-order valence-electron chi connectivity index (χ2n) is 7.07. The van der Waals surface area contributed by atoms with Crippen molar-refractivity contribution in [1.82, 2.24) is 10.2 Å². The Labute approximate surface area is 165 Å². The summed E-state index contributed by atoms with van der Waals surface area (Å²) >= 11 is 0. The van der Waals surface area contributed by atoms with Gasteiger partial charge >= 0.3 is 5.97 Å². The number of likely N-dealkylation sites (tertiary alicyclic amines) is 1. The molecule has 1 amide bonds. The molecule has 0 radical (unpaired) electrons. The fourth-order valence-electron chi connectivity index (χ4n) is 3.81. The van der Waals surface area contributed by atoms with Crippen LogP contribution in [0.4, 0.5) is 0 Å². The molecule has 0 bridgehead atoms. The third-order valence-electron chi connectivity index (χ3n) is 5.22. The largest absolute Gasteiger partial charge is 0.496 e. The lowest BCUT2D eigenvalue weighted by atomic mass is 9.89. The van der Waals surface area contributed by atoms with Crippen molar-refractivity contribution in [3.05, 3.63) is 65.7 Å². The van der Waals surface area contributed by atoms with Crippen LogP contribution in [0.5, 0.6) is 5.75 Å². The average molecular weight is 382 g/mol. The topological polar surface area (TPSA) is 78.9 Å². The molecule has 1 heterocycles. The van der Waals surface area contributed by atoms with E-state index in [2.05, 4.69) is 5.32 Å². The predicted molar refractivity (Wildman–Crippen MR) is 106 cm³/mol. The van der Waals surface area contributed by atoms with Crippen molar-refractivity contribution in [2.75, 3.05) is 33.3 Å². The van der Waals surface area contributed by atoms with E-state index in [1.807, 2.05) is 59.5 Å². The van der Waals surface area contributed by atoms with Crippen molar-refractivity contribution < 1.29 is 19.4 Å². The molecule has 0 aromatic heterocycles. The van der Waals surface area contributed by atoms with Crippen LogP contribution in [0.15, 0.2) is 54.6 Å². The van der Waals surface area contributed by atoms with Crippen molar-refractivity contribution in [2.45, 2.75) is 12.3 Å². The third kappa shape index (κ3) is 4.89. The molecular formula is C22H26N2O4. The lowest BCUT2D eigenvalue weighted by Gasteiger charge is -2.16. The maximum Gasteiger partial charge on any atom is 0.308 e. The fourth-order valence-corrected chi connectivity index (χ4v) is 3.81. The summed E-state index contributed by atoms with van der Waals surface area (Å²) in [6.07, 6.45) is 0.681. The van der Waals surface area contributed by atoms with Gasteiger partial charge in [-0.25, -0.2) is 0 Å². The molecule has 0 saturated carbocycles. The number of benzene rings is 2. The number of aliphatic carboxylic acids is 1. The summed E-state index contributed by atoms with van der Waals surface area (Å²) in [5, 5.41) is 12.5. The molecular weight excluding hydrogens is 356 g/mol. The first-order valence-electron chi connectivity index (χ1n) is 9.47. The number of amides is 1. The van der Waals surface area contributed by atoms with E-state index in [1.54, 1.807) is 7.11 Å². The van der Waals surface area contributed by atoms with Crippen LogP contribution < -0.4 is 10.1 Å². The van der Waals surface area contributed by atoms with Gasteiger partial charge < -0.3 is 15.2 Å². The number of methoxy groups -OCH3 is 1. The van der Waals surface area contributed by atoms with E-state index in [4.69, 9.17) is 4.74 Å². The SMILES string of the molecule is COc1ccccc1CCNC(=O)CN1C[C@@H](C(=O)O)[C@H](c2ccccc2)C1. The minimum absolute atomic E-state index is 0.0900. The molecule has 0 unspecified atom stereocenters. The molecule has 1 fully saturated rings. The third-order valence-corrected chi connectivity index (χ3v) is 5.22. The zero-order chi connectivity index (χ0) is 19.9. The minimum Gasteiger partial charge on any atom is -0.496 e. The molecule has 1 aliphatic heterocycles. The highest BCUT2D eigenvalue weighted by Crippen LogP contribution is 2.32. The smallest absolute Gasteiger partial charge is 0.308 e. The Bertz CT molecular complexity index is 809. The number of carboxylic acid groups (broad SMARTS) is 1. The number of nitrogens with zero attached hydrogens (tertiary/aromatic N) is 1. The van der Waals surface area contributed by atoms with Gasteiger partial charge in [-0.3, -0.25) is 14.5 Å². The van der Waals surface area contributed by atoms with Gasteiger partial charge in [0.15, 0.2) is 0 Å². The lowest BCUT2D eigenvalue weighted by Crippen LogP contribution is -2.37. The molecule has 6 heteroatoms. The van der Waals surface area contributed by atoms with Gasteiger partial charge in [0.1, 0.15) is 5.75 Å². The van der Waals surface area contributed by atoms with Crippen molar-refractivity contribution in [3.8, 4) is 5.75 Å². The van der Waals surface area contributed by atoms with Gasteiger partial charge in [0.05, 0.1) is 19.6 Å². The van der Waals surface area contributed by atoms with Gasteiger partial charge in [0.25, 0.3) is 0 Å². The van der Waals surface area contributed by atoms with Gasteiger partial charge in [-0.1, -0.05) is 48.5 Å². The van der Waals surface area contributed by atoms with Crippen LogP contribution >= 0.6 is 0 Å². The van der Waals surface area contributed by atoms with Crippen LogP contribution in [0.3, 0.4) is 0 Å². The number of nitrogens with one attached hydrogen (secondary N) is 1. The Hall–Kier alpha value is -2.86. The predicted octanol–water partition coefficient (Wildman–Crippen LogP) is 2.15. The molecule has 3 rings (SSSR count). The van der Waals surface area contributed by atoms with E-state index in [0.717, 1.165) is 16.9 Å². The first-order chi connectivity index (χ1) is 13.6. The van der Waals surface area contributed by atoms with E-state index in [1.165, 1.54) is 0 Å². The van der Waals surface area contributed by atoms with Crippen molar-refractivity contribution in [1.29, 1.82) is 0 Å². The molecule has 0 spiro atoms. The summed E-state index contributed by atoms with van der Waals surface area (Å²) in [5.74, 6) is -0.684. The molecule has 2 atom stereocenters. The highest BCUT2D eigenvalue weighted by atomic mass is 16.5. The van der Waals surface area contributed by atoms with Crippen molar-refractivity contribution in [2.24, 2.45) is 5.92 Å². The Balaban J connectivity index is 1.52. The second kappa shape index (κ2) is 9.37. The molecule has 1 aliphatic rings. The number of hydrogen-bond acceptors (Lipinski definition) is 4. The van der Waals surface area contributed by atoms with E-state index < -0.39 is 11.9 Å². The maximum atomic E-state index is 12.3. The van der Waals surface area contributed by atoms with Crippen molar-refractivity contribution in [3.63, 3.8) is 0 Å². The molecule has 2 N–H and O–H groups in total. The summed E-state index contributed by atoms with van der Waals surface area (Å²) in [6.45, 7) is 1.67. The van der Waals surface area contributed by atoms with Crippen LogP contribution in [0.25, 0.3) is 0 Å². The standard InChI is InChI=1S/C22H26N2O4/c1-28-20-10-6-5-9-17(20)11-12-23-21(25)15-24-13-18(19(14-24)22(26)27)16-7-3-2-4-8-16/h2-10,18-19H,11-15H2,1H3,(H,23,25)(H,26,27)/t18-,19+/m0/s1. The number of ether oxygens (including phenoxy) is 1. The molecule has 2 aromatic carbocycles. The normalized spacial score (nSPS) is 19.3. The number of carbonyl (C=O) groups is 2. The van der Waals surface area contributed by atoms with Crippen LogP contribution in [0.2, 0.25) is 0 Å². The van der Waals surface area contributed by atoms with E-state index in [0.29, 0.717) is 26.1 Å². The summed E-state index contributed by atoms with van der Waals surface area (Å²) in [7, 11) is 1.63. The maximum absolute atomic E-state index is 12.3. The van der Waals surface area contributed by atoms with Gasteiger partial charge in [0.2, 0.25) is 5.91 Å². The Kier molecular flexibility index (Phi) is 6.66. The van der Waals surface area contributed by atoms with Gasteiger partial charge in [0, 0.05) is 25.6 Å². The minimum atomic E-state index is -0.812. The number of carboxylic acids is 1. The number of carbonyl (C=O) groups excluding carboxylic acids is 1. The lowest BCUT2D eigenvalue weighted by molar-refractivity contribution is -0.141. The zero-order valence-electron chi connectivity index (χ0n) is 16.0. The Morgan fingerprint density at radius 3 is 2.54 bits per heavy atom. The van der Waals surface area contributed by atoms with Crippen LogP contribution in [0.1, 0.15) is 17.0 Å². The monoisotopic (exact) mass is 382 g/mol. The zero-order valence-corrected chi connectivity index (χ0v) is 16.0.